The Balaban J connectivity index is 5.43. The number of carboxylic acids is 2. The second kappa shape index (κ2) is 15.5. The van der Waals surface area contributed by atoms with Gasteiger partial charge in [0.1, 0.15) is 18.1 Å². The number of hydrogen-bond donors (Lipinski definition) is 7. The number of nitrogens with two attached hydrogens (primary N) is 1. The van der Waals surface area contributed by atoms with E-state index in [1.807, 2.05) is 13.8 Å². The lowest BCUT2D eigenvalue weighted by molar-refractivity contribution is -0.143. The molecular weight excluding hydrogens is 456 g/mol. The largest absolute Gasteiger partial charge is 0.481 e. The SMILES string of the molecule is CSCCC(NC(=O)C(NC(=O)C(CCC(=O)O)NC(=O)C(N)CC(C)C)C(C)O)C(=O)O. The first-order valence-corrected chi connectivity index (χ1v) is 12.0. The molecule has 33 heavy (non-hydrogen) atoms. The van der Waals surface area contributed by atoms with Gasteiger partial charge in [-0.3, -0.25) is 19.2 Å². The minimum Gasteiger partial charge on any atom is -0.481 e. The summed E-state index contributed by atoms with van der Waals surface area (Å²) in [5, 5.41) is 35.2. The van der Waals surface area contributed by atoms with Crippen LogP contribution in [0.1, 0.15) is 46.5 Å². The fourth-order valence-corrected chi connectivity index (χ4v) is 3.32. The van der Waals surface area contributed by atoms with Crippen LogP contribution in [0.2, 0.25) is 0 Å². The molecule has 0 saturated heterocycles. The summed E-state index contributed by atoms with van der Waals surface area (Å²) in [4.78, 5) is 60.1. The molecule has 0 bridgehead atoms. The van der Waals surface area contributed by atoms with E-state index in [1.165, 1.54) is 18.7 Å². The molecule has 0 rings (SSSR count). The van der Waals surface area contributed by atoms with Crippen LogP contribution in [0.5, 0.6) is 0 Å². The van der Waals surface area contributed by atoms with Crippen molar-refractivity contribution in [1.29, 1.82) is 0 Å². The van der Waals surface area contributed by atoms with Crippen molar-refractivity contribution >= 4 is 41.4 Å². The summed E-state index contributed by atoms with van der Waals surface area (Å²) >= 11 is 1.39. The van der Waals surface area contributed by atoms with Gasteiger partial charge in [-0.05, 0) is 44.1 Å². The van der Waals surface area contributed by atoms with Gasteiger partial charge in [-0.15, -0.1) is 0 Å². The lowest BCUT2D eigenvalue weighted by atomic mass is 10.0. The number of nitrogens with one attached hydrogen (secondary N) is 3. The van der Waals surface area contributed by atoms with Gasteiger partial charge in [0.05, 0.1) is 12.1 Å². The molecule has 0 aliphatic carbocycles. The highest BCUT2D eigenvalue weighted by Crippen LogP contribution is 2.07. The first kappa shape index (κ1) is 30.6. The summed E-state index contributed by atoms with van der Waals surface area (Å²) < 4.78 is 0. The number of carbonyl (C=O) groups is 5. The Morgan fingerprint density at radius 3 is 1.91 bits per heavy atom. The van der Waals surface area contributed by atoms with Gasteiger partial charge in [0.15, 0.2) is 0 Å². The summed E-state index contributed by atoms with van der Waals surface area (Å²) in [5.74, 6) is -4.38. The molecule has 0 aliphatic rings. The monoisotopic (exact) mass is 492 g/mol. The average molecular weight is 493 g/mol. The molecule has 0 aromatic carbocycles. The maximum Gasteiger partial charge on any atom is 0.326 e. The van der Waals surface area contributed by atoms with E-state index < -0.39 is 66.4 Å². The maximum atomic E-state index is 12.8. The van der Waals surface area contributed by atoms with Gasteiger partial charge in [-0.1, -0.05) is 13.8 Å². The predicted octanol–water partition coefficient (Wildman–Crippen LogP) is -1.10. The van der Waals surface area contributed by atoms with Crippen molar-refractivity contribution < 1.29 is 39.3 Å². The van der Waals surface area contributed by atoms with Crippen LogP contribution in [-0.4, -0.2) is 87.3 Å². The van der Waals surface area contributed by atoms with Crippen molar-refractivity contribution in [2.24, 2.45) is 11.7 Å². The van der Waals surface area contributed by atoms with Gasteiger partial charge in [0.2, 0.25) is 17.7 Å². The average Bonchev–Trinajstić information content (AvgIpc) is 2.70. The van der Waals surface area contributed by atoms with Crippen LogP contribution in [0.15, 0.2) is 0 Å². The van der Waals surface area contributed by atoms with E-state index in [4.69, 9.17) is 10.8 Å². The van der Waals surface area contributed by atoms with Gasteiger partial charge in [0.25, 0.3) is 0 Å². The molecule has 0 heterocycles. The summed E-state index contributed by atoms with van der Waals surface area (Å²) in [7, 11) is 0. The number of hydrogen-bond acceptors (Lipinski definition) is 8. The molecule has 0 saturated carbocycles. The zero-order valence-corrected chi connectivity index (χ0v) is 20.2. The van der Waals surface area contributed by atoms with Crippen molar-refractivity contribution in [1.82, 2.24) is 16.0 Å². The fourth-order valence-electron chi connectivity index (χ4n) is 2.84. The zero-order valence-electron chi connectivity index (χ0n) is 19.4. The van der Waals surface area contributed by atoms with E-state index in [2.05, 4.69) is 16.0 Å². The second-order valence-corrected chi connectivity index (χ2v) is 9.12. The van der Waals surface area contributed by atoms with Gasteiger partial charge in [0, 0.05) is 6.42 Å². The van der Waals surface area contributed by atoms with Crippen LogP contribution < -0.4 is 21.7 Å². The Kier molecular flexibility index (Phi) is 14.3. The molecule has 12 nitrogen and oxygen atoms in total. The van der Waals surface area contributed by atoms with E-state index in [0.717, 1.165) is 0 Å². The third kappa shape index (κ3) is 12.4. The minimum absolute atomic E-state index is 0.105. The maximum absolute atomic E-state index is 12.8. The molecule has 13 heteroatoms. The Hall–Kier alpha value is -2.38. The van der Waals surface area contributed by atoms with Crippen molar-refractivity contribution in [2.75, 3.05) is 12.0 Å². The molecule has 5 atom stereocenters. The standard InChI is InChI=1S/C20H36N4O8S/c1-10(2)9-12(21)17(28)22-13(5-6-15(26)27)18(29)24-16(11(3)25)19(30)23-14(20(31)32)7-8-33-4/h10-14,16,25H,5-9,21H2,1-4H3,(H,22,28)(H,23,30)(H,24,29)(H,26,27)(H,31,32). The van der Waals surface area contributed by atoms with Crippen molar-refractivity contribution in [3.63, 3.8) is 0 Å². The minimum atomic E-state index is -1.53. The highest BCUT2D eigenvalue weighted by Gasteiger charge is 2.32. The van der Waals surface area contributed by atoms with E-state index in [9.17, 15) is 34.2 Å². The molecule has 3 amide bonds. The quantitative estimate of drug-likeness (QED) is 0.138. The van der Waals surface area contributed by atoms with Crippen LogP contribution in [-0.2, 0) is 24.0 Å². The Morgan fingerprint density at radius 2 is 1.45 bits per heavy atom. The second-order valence-electron chi connectivity index (χ2n) is 8.14. The third-order valence-corrected chi connectivity index (χ3v) is 5.27. The molecule has 190 valence electrons. The smallest absolute Gasteiger partial charge is 0.326 e. The Morgan fingerprint density at radius 1 is 0.879 bits per heavy atom. The Labute approximate surface area is 197 Å². The number of aliphatic carboxylic acids is 2. The zero-order chi connectivity index (χ0) is 25.7. The number of rotatable bonds is 16. The van der Waals surface area contributed by atoms with E-state index in [1.54, 1.807) is 6.26 Å². The summed E-state index contributed by atoms with van der Waals surface area (Å²) in [6, 6.07) is -5.00. The van der Waals surface area contributed by atoms with Gasteiger partial charge in [-0.25, -0.2) is 4.79 Å². The predicted molar refractivity (Wildman–Crippen MR) is 122 cm³/mol. The fraction of sp³-hybridized carbons (Fsp3) is 0.750. The molecule has 0 aromatic rings. The first-order chi connectivity index (χ1) is 15.3. The van der Waals surface area contributed by atoms with E-state index >= 15 is 0 Å². The van der Waals surface area contributed by atoms with Crippen molar-refractivity contribution in [3.05, 3.63) is 0 Å². The number of amides is 3. The molecule has 0 radical (unpaired) electrons. The van der Waals surface area contributed by atoms with Crippen molar-refractivity contribution in [2.45, 2.75) is 76.7 Å². The highest BCUT2D eigenvalue weighted by atomic mass is 32.2. The third-order valence-electron chi connectivity index (χ3n) is 4.63. The van der Waals surface area contributed by atoms with Crippen LogP contribution >= 0.6 is 11.8 Å². The summed E-state index contributed by atoms with van der Waals surface area (Å²) in [6.07, 6.45) is 0.124. The molecule has 0 aliphatic heterocycles. The molecule has 0 spiro atoms. The molecule has 5 unspecified atom stereocenters. The molecule has 0 fully saturated rings. The van der Waals surface area contributed by atoms with Gasteiger partial charge >= 0.3 is 11.9 Å². The lowest BCUT2D eigenvalue weighted by Crippen LogP contribution is -2.60. The van der Waals surface area contributed by atoms with Gasteiger partial charge < -0.3 is 37.0 Å². The topological polar surface area (TPSA) is 208 Å². The lowest BCUT2D eigenvalue weighted by Gasteiger charge is -2.26. The van der Waals surface area contributed by atoms with E-state index in [-0.39, 0.29) is 18.8 Å². The highest BCUT2D eigenvalue weighted by molar-refractivity contribution is 7.98. The van der Waals surface area contributed by atoms with Gasteiger partial charge in [-0.2, -0.15) is 11.8 Å². The molecule has 0 aromatic heterocycles. The number of carbonyl (C=O) groups excluding carboxylic acids is 3. The first-order valence-electron chi connectivity index (χ1n) is 10.6. The summed E-state index contributed by atoms with van der Waals surface area (Å²) in [5.41, 5.74) is 5.82. The molecular formula is C20H36N4O8S. The Bertz CT molecular complexity index is 689. The number of aliphatic hydroxyl groups is 1. The molecule has 8 N–H and O–H groups in total. The van der Waals surface area contributed by atoms with E-state index in [0.29, 0.717) is 12.2 Å². The van der Waals surface area contributed by atoms with Crippen LogP contribution in [0.3, 0.4) is 0 Å². The number of carboxylic acid groups (broad SMARTS) is 2. The van der Waals surface area contributed by atoms with Crippen molar-refractivity contribution in [3.8, 4) is 0 Å². The van der Waals surface area contributed by atoms with Crippen LogP contribution in [0.4, 0.5) is 0 Å². The van der Waals surface area contributed by atoms with Crippen LogP contribution in [0.25, 0.3) is 0 Å². The van der Waals surface area contributed by atoms with Crippen LogP contribution in [0, 0.1) is 5.92 Å². The number of aliphatic hydroxyl groups excluding tert-OH is 1. The summed E-state index contributed by atoms with van der Waals surface area (Å²) in [6.45, 7) is 4.94. The normalized spacial score (nSPS) is 15.6. The number of thioether (sulfide) groups is 1.